The van der Waals surface area contributed by atoms with Crippen molar-refractivity contribution in [3.05, 3.63) is 79.1 Å². The fourth-order valence-electron chi connectivity index (χ4n) is 3.21. The van der Waals surface area contributed by atoms with Gasteiger partial charge in [0.05, 0.1) is 28.4 Å². The molecule has 5 rings (SSSR count). The molecule has 0 fully saturated rings. The van der Waals surface area contributed by atoms with Gasteiger partial charge in [-0.25, -0.2) is 4.98 Å². The van der Waals surface area contributed by atoms with E-state index in [1.54, 1.807) is 6.20 Å². The Balaban J connectivity index is 1.85. The maximum absolute atomic E-state index is 4.92. The van der Waals surface area contributed by atoms with Crippen LogP contribution in [0.5, 0.6) is 0 Å². The van der Waals surface area contributed by atoms with Crippen molar-refractivity contribution in [3.8, 4) is 11.3 Å². The number of nitrogens with zero attached hydrogens (tertiary/aromatic N) is 3. The molecule has 112 valence electrons. The van der Waals surface area contributed by atoms with E-state index in [0.29, 0.717) is 0 Å². The molecule has 0 atom stereocenters. The molecule has 0 aliphatic carbocycles. The third-order valence-corrected chi connectivity index (χ3v) is 4.36. The lowest BCUT2D eigenvalue weighted by atomic mass is 10.0. The summed E-state index contributed by atoms with van der Waals surface area (Å²) in [5.74, 6) is 0. The van der Waals surface area contributed by atoms with Crippen LogP contribution in [-0.4, -0.2) is 15.0 Å². The maximum atomic E-state index is 4.92. The standard InChI is InChI=1S/C21H13N3/c1-2-7-15-14(5-1)6-3-8-16(15)20-13-23-19-11-10-18-17(21(19)24-20)9-4-12-22-18/h1-13H. The highest BCUT2D eigenvalue weighted by molar-refractivity contribution is 6.03. The highest BCUT2D eigenvalue weighted by Gasteiger charge is 2.09. The van der Waals surface area contributed by atoms with Gasteiger partial charge < -0.3 is 0 Å². The predicted octanol–water partition coefficient (Wildman–Crippen LogP) is 5.00. The molecule has 2 aromatic heterocycles. The van der Waals surface area contributed by atoms with Gasteiger partial charge in [0.2, 0.25) is 0 Å². The molecule has 3 aromatic carbocycles. The number of pyridine rings is 1. The highest BCUT2D eigenvalue weighted by atomic mass is 14.8. The van der Waals surface area contributed by atoms with Crippen LogP contribution >= 0.6 is 0 Å². The quantitative estimate of drug-likeness (QED) is 0.409. The molecule has 0 bridgehead atoms. The van der Waals surface area contributed by atoms with Crippen molar-refractivity contribution in [1.29, 1.82) is 0 Å². The van der Waals surface area contributed by atoms with E-state index < -0.39 is 0 Å². The van der Waals surface area contributed by atoms with Gasteiger partial charge >= 0.3 is 0 Å². The Morgan fingerprint density at radius 2 is 1.46 bits per heavy atom. The monoisotopic (exact) mass is 307 g/mol. The lowest BCUT2D eigenvalue weighted by molar-refractivity contribution is 1.30. The van der Waals surface area contributed by atoms with Crippen LogP contribution in [-0.2, 0) is 0 Å². The van der Waals surface area contributed by atoms with Crippen LogP contribution in [0.1, 0.15) is 0 Å². The first kappa shape index (κ1) is 13.1. The predicted molar refractivity (Wildman–Crippen MR) is 97.8 cm³/mol. The lowest BCUT2D eigenvalue weighted by Crippen LogP contribution is -1.91. The summed E-state index contributed by atoms with van der Waals surface area (Å²) in [6.45, 7) is 0. The first-order valence-electron chi connectivity index (χ1n) is 7.89. The van der Waals surface area contributed by atoms with Gasteiger partial charge in [0.1, 0.15) is 0 Å². The molecule has 0 unspecified atom stereocenters. The smallest absolute Gasteiger partial charge is 0.0988 e. The van der Waals surface area contributed by atoms with Crippen LogP contribution in [0.2, 0.25) is 0 Å². The molecule has 0 saturated carbocycles. The summed E-state index contributed by atoms with van der Waals surface area (Å²) in [4.78, 5) is 14.0. The number of rotatable bonds is 1. The van der Waals surface area contributed by atoms with Gasteiger partial charge in [0.25, 0.3) is 0 Å². The lowest BCUT2D eigenvalue weighted by Gasteiger charge is -2.08. The van der Waals surface area contributed by atoms with E-state index in [-0.39, 0.29) is 0 Å². The largest absolute Gasteiger partial charge is 0.256 e. The Labute approximate surface area is 138 Å². The number of fused-ring (bicyclic) bond motifs is 4. The molecule has 3 nitrogen and oxygen atoms in total. The van der Waals surface area contributed by atoms with Crippen LogP contribution in [0.3, 0.4) is 0 Å². The molecule has 0 aliphatic rings. The molecule has 0 spiro atoms. The average Bonchev–Trinajstić information content (AvgIpc) is 2.67. The SMILES string of the molecule is c1ccc2c(-c3cnc4ccc5ncccc5c4n3)cccc2c1. The van der Waals surface area contributed by atoms with Crippen LogP contribution in [0.25, 0.3) is 44.0 Å². The van der Waals surface area contributed by atoms with Gasteiger partial charge in [-0.1, -0.05) is 42.5 Å². The molecule has 0 saturated heterocycles. The van der Waals surface area contributed by atoms with Gasteiger partial charge in [-0.15, -0.1) is 0 Å². The van der Waals surface area contributed by atoms with Crippen molar-refractivity contribution in [2.75, 3.05) is 0 Å². The third-order valence-electron chi connectivity index (χ3n) is 4.36. The third kappa shape index (κ3) is 1.95. The fourth-order valence-corrected chi connectivity index (χ4v) is 3.21. The molecular weight excluding hydrogens is 294 g/mol. The summed E-state index contributed by atoms with van der Waals surface area (Å²) in [5, 5.41) is 3.42. The number of hydrogen-bond acceptors (Lipinski definition) is 3. The Morgan fingerprint density at radius 1 is 0.625 bits per heavy atom. The second-order valence-electron chi connectivity index (χ2n) is 5.79. The summed E-state index contributed by atoms with van der Waals surface area (Å²) in [7, 11) is 0. The van der Waals surface area contributed by atoms with Gasteiger partial charge in [0.15, 0.2) is 0 Å². The van der Waals surface area contributed by atoms with Crippen molar-refractivity contribution in [3.63, 3.8) is 0 Å². The second-order valence-corrected chi connectivity index (χ2v) is 5.79. The minimum atomic E-state index is 0.885. The van der Waals surface area contributed by atoms with Crippen LogP contribution in [0, 0.1) is 0 Å². The van der Waals surface area contributed by atoms with E-state index in [0.717, 1.165) is 33.2 Å². The average molecular weight is 307 g/mol. The van der Waals surface area contributed by atoms with Crippen LogP contribution in [0.4, 0.5) is 0 Å². The molecular formula is C21H13N3. The molecule has 0 N–H and O–H groups in total. The Kier molecular flexibility index (Phi) is 2.79. The van der Waals surface area contributed by atoms with Gasteiger partial charge in [-0.05, 0) is 35.0 Å². The van der Waals surface area contributed by atoms with E-state index in [2.05, 4.69) is 52.4 Å². The van der Waals surface area contributed by atoms with E-state index in [1.165, 1.54) is 10.8 Å². The van der Waals surface area contributed by atoms with E-state index in [9.17, 15) is 0 Å². The van der Waals surface area contributed by atoms with Crippen LogP contribution < -0.4 is 0 Å². The topological polar surface area (TPSA) is 38.7 Å². The van der Waals surface area contributed by atoms with Crippen molar-refractivity contribution >= 4 is 32.7 Å². The molecule has 0 aliphatic heterocycles. The number of benzene rings is 3. The fraction of sp³-hybridized carbons (Fsp3) is 0. The summed E-state index contributed by atoms with van der Waals surface area (Å²) in [6.07, 6.45) is 3.66. The van der Waals surface area contributed by atoms with Gasteiger partial charge in [-0.3, -0.25) is 9.97 Å². The summed E-state index contributed by atoms with van der Waals surface area (Å²) < 4.78 is 0. The van der Waals surface area contributed by atoms with Gasteiger partial charge in [0, 0.05) is 17.1 Å². The number of hydrogen-bond donors (Lipinski definition) is 0. The summed E-state index contributed by atoms with van der Waals surface area (Å²) in [5.41, 5.74) is 4.71. The minimum absolute atomic E-state index is 0.885. The molecule has 24 heavy (non-hydrogen) atoms. The second kappa shape index (κ2) is 5.10. The first-order valence-corrected chi connectivity index (χ1v) is 7.89. The Hall–Kier alpha value is -3.33. The molecule has 5 aromatic rings. The molecule has 2 heterocycles. The summed E-state index contributed by atoms with van der Waals surface area (Å²) in [6, 6.07) is 22.6. The number of aromatic nitrogens is 3. The van der Waals surface area contributed by atoms with Crippen molar-refractivity contribution in [1.82, 2.24) is 15.0 Å². The van der Waals surface area contributed by atoms with E-state index in [4.69, 9.17) is 4.98 Å². The molecule has 3 heteroatoms. The van der Waals surface area contributed by atoms with Crippen LogP contribution in [0.15, 0.2) is 79.1 Å². The summed E-state index contributed by atoms with van der Waals surface area (Å²) >= 11 is 0. The Bertz CT molecular complexity index is 1210. The highest BCUT2D eigenvalue weighted by Crippen LogP contribution is 2.29. The van der Waals surface area contributed by atoms with Crippen molar-refractivity contribution < 1.29 is 0 Å². The van der Waals surface area contributed by atoms with E-state index in [1.807, 2.05) is 30.5 Å². The first-order chi connectivity index (χ1) is 11.9. The maximum Gasteiger partial charge on any atom is 0.0988 e. The molecule has 0 amide bonds. The zero-order valence-electron chi connectivity index (χ0n) is 12.8. The normalized spacial score (nSPS) is 11.3. The Morgan fingerprint density at radius 3 is 2.46 bits per heavy atom. The molecule has 0 radical (unpaired) electrons. The van der Waals surface area contributed by atoms with Gasteiger partial charge in [-0.2, -0.15) is 0 Å². The van der Waals surface area contributed by atoms with E-state index >= 15 is 0 Å². The van der Waals surface area contributed by atoms with Crippen molar-refractivity contribution in [2.45, 2.75) is 0 Å². The zero-order chi connectivity index (χ0) is 15.9. The minimum Gasteiger partial charge on any atom is -0.256 e. The zero-order valence-corrected chi connectivity index (χ0v) is 12.8. The van der Waals surface area contributed by atoms with Crippen molar-refractivity contribution in [2.24, 2.45) is 0 Å².